The van der Waals surface area contributed by atoms with E-state index in [1.807, 2.05) is 0 Å². The van der Waals surface area contributed by atoms with Crippen molar-refractivity contribution in [2.45, 2.75) is 0 Å². The van der Waals surface area contributed by atoms with E-state index in [2.05, 4.69) is 0 Å². The summed E-state index contributed by atoms with van der Waals surface area (Å²) in [5.41, 5.74) is 0. The molecule has 0 aromatic rings. The molecule has 23 heteroatoms. The summed E-state index contributed by atoms with van der Waals surface area (Å²) in [5.74, 6) is 0. The van der Waals surface area contributed by atoms with Gasteiger partial charge in [0.15, 0.2) is 0 Å². The molecule has 0 fully saturated rings. The summed E-state index contributed by atoms with van der Waals surface area (Å²) in [6, 6.07) is 0. The molecule has 0 heterocycles. The molecule has 11 N–H and O–H groups in total. The first kappa shape index (κ1) is 50.0. The van der Waals surface area contributed by atoms with E-state index in [0.29, 0.717) is 0 Å². The first-order valence-corrected chi connectivity index (χ1v) is 2.83. The van der Waals surface area contributed by atoms with E-state index in [1.165, 1.54) is 0 Å². The van der Waals surface area contributed by atoms with Gasteiger partial charge in [0.05, 0.1) is 0 Å². The fourth-order valence-electron chi connectivity index (χ4n) is 0. The van der Waals surface area contributed by atoms with Crippen LogP contribution in [0.15, 0.2) is 0 Å². The van der Waals surface area contributed by atoms with Gasteiger partial charge in [-0.3, -0.25) is 0 Å². The van der Waals surface area contributed by atoms with E-state index in [1.54, 1.807) is 0 Å². The molecular weight excluding hydrogens is 505 g/mol. The minimum Gasteiger partial charge on any atom is -0.344 e. The summed E-state index contributed by atoms with van der Waals surface area (Å²) in [6.45, 7) is 0. The summed E-state index contributed by atoms with van der Waals surface area (Å²) in [7, 11) is 0. The third-order valence-corrected chi connectivity index (χ3v) is 0. The zero-order valence-electron chi connectivity index (χ0n) is 10.3. The average Bonchev–Trinajstić information content (AvgIpc) is 1.94. The van der Waals surface area contributed by atoms with E-state index >= 15 is 0 Å². The molecule has 0 radical (unpaired) electrons. The molecule has 22 nitrogen and oxygen atoms in total. The second-order valence-electron chi connectivity index (χ2n) is 1.19. The van der Waals surface area contributed by atoms with Gasteiger partial charge in [0.1, 0.15) is 0 Å². The van der Waals surface area contributed by atoms with Crippen molar-refractivity contribution < 1.29 is 88.8 Å². The molecule has 0 aliphatic rings. The van der Waals surface area contributed by atoms with Crippen LogP contribution in [0.3, 0.4) is 0 Å². The zero-order chi connectivity index (χ0) is 17.9. The molecule has 0 spiro atoms. The Morgan fingerprint density at radius 3 is 0.435 bits per heavy atom. The summed E-state index contributed by atoms with van der Waals surface area (Å²) < 4.78 is 0. The van der Waals surface area contributed by atoms with Gasteiger partial charge in [-0.25, -0.2) is 0 Å². The number of nitrogens with zero attached hydrogens (tertiary/aromatic N) is 5. The van der Waals surface area contributed by atoms with Crippen LogP contribution in [0, 0.1) is 87.9 Å². The van der Waals surface area contributed by atoms with Gasteiger partial charge >= 0.3 is 0 Å². The maximum Gasteiger partial charge on any atom is 0.291 e. The average molecular weight is 516 g/mol. The predicted molar refractivity (Wildman–Crippen MR) is 53.9 cm³/mol. The monoisotopic (exact) mass is 515 g/mol. The van der Waals surface area contributed by atoms with E-state index in [0.717, 1.165) is 0 Å². The van der Waals surface area contributed by atoms with Gasteiger partial charge in [0.2, 0.25) is 0 Å². The van der Waals surface area contributed by atoms with E-state index in [9.17, 15) is 0 Å². The maximum atomic E-state index is 8.36. The van der Waals surface area contributed by atoms with Gasteiger partial charge in [-0.2, -0.15) is 0 Å². The van der Waals surface area contributed by atoms with Crippen LogP contribution < -0.4 is 12.3 Å². The van der Waals surface area contributed by atoms with Crippen molar-refractivity contribution in [3.05, 3.63) is 50.6 Å². The van der Waals surface area contributed by atoms with Crippen LogP contribution in [-0.4, -0.2) is 51.5 Å². The van der Waals surface area contributed by atoms with Gasteiger partial charge < -0.3 is 38.3 Å². The number of hydrogen-bond donors (Lipinski definition) is 7. The second-order valence-corrected chi connectivity index (χ2v) is 1.19. The molecule has 0 saturated carbocycles. The van der Waals surface area contributed by atoms with Gasteiger partial charge in [0, 0.05) is 37.3 Å². The Kier molecular flexibility index (Phi) is 93.0. The minimum atomic E-state index is -1.50. The first-order chi connectivity index (χ1) is 8.66. The molecule has 0 aliphatic heterocycles. The molecule has 0 bridgehead atoms. The SMILES string of the molecule is N.N.O=[N+]([O-])O.O=[N+]([O-])O.O=[N+]([O-])O.O=[N+]([O-])O.O=[N+]([O-])O.[Er]. The molecule has 148 valence electrons. The van der Waals surface area contributed by atoms with Crippen molar-refractivity contribution in [2.75, 3.05) is 0 Å². The normalized spacial score (nSPS) is 5.22. The fraction of sp³-hybridized carbons (Fsp3) is 0. The fourth-order valence-corrected chi connectivity index (χ4v) is 0. The largest absolute Gasteiger partial charge is 0.344 e. The summed E-state index contributed by atoms with van der Waals surface area (Å²) in [4.78, 5) is 41.8. The Bertz CT molecular complexity index is 211. The van der Waals surface area contributed by atoms with Crippen molar-refractivity contribution >= 4 is 0 Å². The standard InChI is InChI=1S/Er.5HNO3.2H3N/c;5*2-1(3)4;;/h;5*(H,2,3,4);2*1H3. The molecule has 0 rings (SSSR count). The molecule has 0 amide bonds. The summed E-state index contributed by atoms with van der Waals surface area (Å²) >= 11 is 0. The molecule has 23 heavy (non-hydrogen) atoms. The van der Waals surface area contributed by atoms with Crippen molar-refractivity contribution in [3.63, 3.8) is 0 Å². The van der Waals surface area contributed by atoms with Crippen LogP contribution in [0.4, 0.5) is 0 Å². The van der Waals surface area contributed by atoms with E-state index in [-0.39, 0.29) is 49.6 Å². The Balaban J connectivity index is -0.0000000197. The predicted octanol–water partition coefficient (Wildman–Crippen LogP) is -1.41. The van der Waals surface area contributed by atoms with Gasteiger partial charge in [-0.05, 0) is 0 Å². The van der Waals surface area contributed by atoms with Crippen molar-refractivity contribution in [1.29, 1.82) is 0 Å². The minimum absolute atomic E-state index is 0. The third kappa shape index (κ3) is 704. The topological polar surface area (TPSA) is 387 Å². The number of hydrogen-bond acceptors (Lipinski definition) is 12. The Morgan fingerprint density at radius 1 is 0.435 bits per heavy atom. The Hall–Kier alpha value is -2.83. The summed E-state index contributed by atoms with van der Waals surface area (Å²) in [5, 5.41) is 68.2. The third-order valence-electron chi connectivity index (χ3n) is 0. The van der Waals surface area contributed by atoms with Gasteiger partial charge in [-0.1, -0.05) is 0 Å². The molecular formula is H11ErN7O15. The van der Waals surface area contributed by atoms with Crippen molar-refractivity contribution in [3.8, 4) is 0 Å². The van der Waals surface area contributed by atoms with Crippen LogP contribution >= 0.6 is 0 Å². The van der Waals surface area contributed by atoms with Crippen molar-refractivity contribution in [1.82, 2.24) is 12.3 Å². The van der Waals surface area contributed by atoms with Gasteiger partial charge in [-0.15, -0.1) is 50.6 Å². The van der Waals surface area contributed by atoms with Crippen LogP contribution in [0.2, 0.25) is 0 Å². The van der Waals surface area contributed by atoms with Crippen LogP contribution in [-0.2, 0) is 0 Å². The number of rotatable bonds is 0. The molecule has 0 unspecified atom stereocenters. The second kappa shape index (κ2) is 42.7. The maximum absolute atomic E-state index is 8.36. The summed E-state index contributed by atoms with van der Waals surface area (Å²) in [6.07, 6.45) is 0. The molecule has 0 atom stereocenters. The van der Waals surface area contributed by atoms with E-state index < -0.39 is 25.4 Å². The van der Waals surface area contributed by atoms with Crippen LogP contribution in [0.5, 0.6) is 0 Å². The first-order valence-electron chi connectivity index (χ1n) is 2.83. The Morgan fingerprint density at radius 2 is 0.435 bits per heavy atom. The smallest absolute Gasteiger partial charge is 0.291 e. The zero-order valence-corrected chi connectivity index (χ0v) is 12.1. The molecule has 0 aromatic heterocycles. The quantitative estimate of drug-likeness (QED) is 0.143. The van der Waals surface area contributed by atoms with E-state index in [4.69, 9.17) is 76.6 Å². The van der Waals surface area contributed by atoms with Crippen LogP contribution in [0.1, 0.15) is 0 Å². The van der Waals surface area contributed by atoms with Crippen molar-refractivity contribution in [2.24, 2.45) is 0 Å². The van der Waals surface area contributed by atoms with Crippen LogP contribution in [0.25, 0.3) is 0 Å². The van der Waals surface area contributed by atoms with Gasteiger partial charge in [0.25, 0.3) is 25.4 Å². The Labute approximate surface area is 151 Å². The molecule has 0 aromatic carbocycles. The molecule has 0 aliphatic carbocycles. The molecule has 0 saturated heterocycles.